The van der Waals surface area contributed by atoms with E-state index in [9.17, 15) is 9.18 Å². The number of benzene rings is 2. The topological polar surface area (TPSA) is 55.3 Å². The van der Waals surface area contributed by atoms with Crippen LogP contribution in [-0.2, 0) is 4.79 Å². The minimum atomic E-state index is -0.295. The second-order valence-corrected chi connectivity index (χ2v) is 9.62. The molecule has 7 heteroatoms. The maximum Gasteiger partial charge on any atom is 0.237 e. The molecule has 4 rings (SSSR count). The van der Waals surface area contributed by atoms with Crippen LogP contribution in [0.4, 0.5) is 10.1 Å². The summed E-state index contributed by atoms with van der Waals surface area (Å²) in [4.78, 5) is 15.2. The highest BCUT2D eigenvalue weighted by atomic mass is 32.2. The van der Waals surface area contributed by atoms with Gasteiger partial charge in [0.05, 0.1) is 18.6 Å². The Morgan fingerprint density at radius 2 is 1.91 bits per heavy atom. The number of amides is 1. The number of carbonyl (C=O) groups excluding carboxylic acids is 1. The molecule has 0 aliphatic carbocycles. The smallest absolute Gasteiger partial charge is 0.237 e. The number of halogens is 1. The van der Waals surface area contributed by atoms with Crippen LogP contribution in [0, 0.1) is 5.82 Å². The highest BCUT2D eigenvalue weighted by molar-refractivity contribution is 7.99. The Morgan fingerprint density at radius 3 is 2.56 bits per heavy atom. The number of thioether (sulfide) groups is 1. The Kier molecular flexibility index (Phi) is 6.20. The summed E-state index contributed by atoms with van der Waals surface area (Å²) in [6, 6.07) is 15.7. The molecule has 5 nitrogen and oxygen atoms in total. The third kappa shape index (κ3) is 4.48. The standard InChI is InChI=1S/C25H26FN3O2S/c1-16-14-25(2,3)29(22-11-9-19(31-4)13-20(16)22)24(30)15-32-23-12-10-21(27-28-23)17-5-7-18(26)8-6-17/h5-13,16H,14-15H2,1-4H3/t16-/m0/s1. The van der Waals surface area contributed by atoms with Gasteiger partial charge in [-0.3, -0.25) is 4.79 Å². The SMILES string of the molecule is COc1ccc2c(c1)[C@@H](C)CC(C)(C)N2C(=O)CSc1ccc(-c2ccc(F)cc2)nn1. The van der Waals surface area contributed by atoms with Gasteiger partial charge in [-0.2, -0.15) is 0 Å². The van der Waals surface area contributed by atoms with Crippen molar-refractivity contribution >= 4 is 23.4 Å². The number of fused-ring (bicyclic) bond motifs is 1. The van der Waals surface area contributed by atoms with E-state index in [1.165, 1.54) is 23.9 Å². The lowest BCUT2D eigenvalue weighted by Gasteiger charge is -2.46. The van der Waals surface area contributed by atoms with E-state index in [1.807, 2.05) is 35.2 Å². The van der Waals surface area contributed by atoms with E-state index in [-0.39, 0.29) is 23.0 Å². The van der Waals surface area contributed by atoms with Crippen LogP contribution in [0.25, 0.3) is 11.3 Å². The highest BCUT2D eigenvalue weighted by Crippen LogP contribution is 2.45. The molecule has 1 atom stereocenters. The van der Waals surface area contributed by atoms with Crippen molar-refractivity contribution in [2.75, 3.05) is 17.8 Å². The van der Waals surface area contributed by atoms with E-state index in [2.05, 4.69) is 31.0 Å². The van der Waals surface area contributed by atoms with Gasteiger partial charge in [0, 0.05) is 16.8 Å². The minimum Gasteiger partial charge on any atom is -0.497 e. The fourth-order valence-corrected chi connectivity index (χ4v) is 5.04. The summed E-state index contributed by atoms with van der Waals surface area (Å²) in [5, 5.41) is 9.14. The monoisotopic (exact) mass is 451 g/mol. The number of carbonyl (C=O) groups is 1. The average molecular weight is 452 g/mol. The van der Waals surface area contributed by atoms with Gasteiger partial charge in [0.1, 0.15) is 16.6 Å². The summed E-state index contributed by atoms with van der Waals surface area (Å²) in [5.74, 6) is 1.13. The van der Waals surface area contributed by atoms with Gasteiger partial charge in [0.25, 0.3) is 0 Å². The van der Waals surface area contributed by atoms with Gasteiger partial charge in [-0.15, -0.1) is 10.2 Å². The third-order valence-electron chi connectivity index (χ3n) is 5.79. The Bertz CT molecular complexity index is 1120. The first-order chi connectivity index (χ1) is 15.3. The quantitative estimate of drug-likeness (QED) is 0.466. The number of ether oxygens (including phenoxy) is 1. The van der Waals surface area contributed by atoms with E-state index >= 15 is 0 Å². The van der Waals surface area contributed by atoms with Crippen LogP contribution in [0.15, 0.2) is 59.6 Å². The maximum absolute atomic E-state index is 13.3. The summed E-state index contributed by atoms with van der Waals surface area (Å²) in [6.07, 6.45) is 0.871. The van der Waals surface area contributed by atoms with Crippen LogP contribution < -0.4 is 9.64 Å². The number of rotatable bonds is 5. The lowest BCUT2D eigenvalue weighted by molar-refractivity contribution is -0.117. The molecule has 0 spiro atoms. The number of hydrogen-bond donors (Lipinski definition) is 0. The van der Waals surface area contributed by atoms with Gasteiger partial charge in [0.2, 0.25) is 5.91 Å². The van der Waals surface area contributed by atoms with Crippen molar-refractivity contribution in [2.45, 2.75) is 43.7 Å². The number of methoxy groups -OCH3 is 1. The molecule has 0 saturated carbocycles. The summed E-state index contributed by atoms with van der Waals surface area (Å²) in [5.41, 5.74) is 3.23. The van der Waals surface area contributed by atoms with Crippen molar-refractivity contribution in [1.82, 2.24) is 10.2 Å². The molecule has 0 radical (unpaired) electrons. The van der Waals surface area contributed by atoms with E-state index in [0.717, 1.165) is 29.0 Å². The molecule has 1 aromatic heterocycles. The van der Waals surface area contributed by atoms with E-state index in [1.54, 1.807) is 19.2 Å². The Morgan fingerprint density at radius 1 is 1.16 bits per heavy atom. The van der Waals surface area contributed by atoms with E-state index in [0.29, 0.717) is 16.6 Å². The summed E-state index contributed by atoms with van der Waals surface area (Å²) in [7, 11) is 1.65. The second kappa shape index (κ2) is 8.90. The Labute approximate surface area is 192 Å². The lowest BCUT2D eigenvalue weighted by Crippen LogP contribution is -2.52. The summed E-state index contributed by atoms with van der Waals surface area (Å²) >= 11 is 1.36. The van der Waals surface area contributed by atoms with Gasteiger partial charge in [-0.05, 0) is 86.3 Å². The van der Waals surface area contributed by atoms with Crippen molar-refractivity contribution in [3.05, 3.63) is 66.0 Å². The molecule has 0 fully saturated rings. The highest BCUT2D eigenvalue weighted by Gasteiger charge is 2.39. The molecule has 1 amide bonds. The summed E-state index contributed by atoms with van der Waals surface area (Å²) < 4.78 is 18.5. The van der Waals surface area contributed by atoms with Crippen LogP contribution in [0.2, 0.25) is 0 Å². The zero-order valence-corrected chi connectivity index (χ0v) is 19.4. The van der Waals surface area contributed by atoms with Gasteiger partial charge in [-0.25, -0.2) is 4.39 Å². The largest absolute Gasteiger partial charge is 0.497 e. The normalized spacial score (nSPS) is 17.0. The Hall–Kier alpha value is -2.93. The number of anilines is 1. The van der Waals surface area contributed by atoms with Crippen molar-refractivity contribution in [2.24, 2.45) is 0 Å². The molecular weight excluding hydrogens is 425 g/mol. The average Bonchev–Trinajstić information content (AvgIpc) is 2.78. The van der Waals surface area contributed by atoms with Crippen LogP contribution in [0.1, 0.15) is 38.7 Å². The van der Waals surface area contributed by atoms with Gasteiger partial charge >= 0.3 is 0 Å². The molecule has 0 unspecified atom stereocenters. The van der Waals surface area contributed by atoms with Crippen molar-refractivity contribution < 1.29 is 13.9 Å². The first-order valence-corrected chi connectivity index (χ1v) is 11.5. The van der Waals surface area contributed by atoms with Gasteiger partial charge in [0.15, 0.2) is 0 Å². The summed E-state index contributed by atoms with van der Waals surface area (Å²) in [6.45, 7) is 6.40. The first-order valence-electron chi connectivity index (χ1n) is 10.5. The molecule has 2 heterocycles. The molecule has 166 valence electrons. The predicted molar refractivity (Wildman–Crippen MR) is 126 cm³/mol. The van der Waals surface area contributed by atoms with Crippen molar-refractivity contribution in [3.63, 3.8) is 0 Å². The van der Waals surface area contributed by atoms with E-state index in [4.69, 9.17) is 4.74 Å². The second-order valence-electron chi connectivity index (χ2n) is 8.62. The molecule has 0 bridgehead atoms. The van der Waals surface area contributed by atoms with Crippen LogP contribution in [0.5, 0.6) is 5.75 Å². The van der Waals surface area contributed by atoms with Crippen LogP contribution in [0.3, 0.4) is 0 Å². The number of aromatic nitrogens is 2. The molecule has 0 saturated heterocycles. The minimum absolute atomic E-state index is 0.0303. The fraction of sp³-hybridized carbons (Fsp3) is 0.320. The molecule has 1 aliphatic heterocycles. The number of hydrogen-bond acceptors (Lipinski definition) is 5. The fourth-order valence-electron chi connectivity index (χ4n) is 4.38. The predicted octanol–water partition coefficient (Wildman–Crippen LogP) is 5.70. The molecule has 32 heavy (non-hydrogen) atoms. The molecule has 0 N–H and O–H groups in total. The Balaban J connectivity index is 1.50. The first kappa shape index (κ1) is 22.3. The van der Waals surface area contributed by atoms with Gasteiger partial charge in [-0.1, -0.05) is 18.7 Å². The number of nitrogens with zero attached hydrogens (tertiary/aromatic N) is 3. The molecule has 3 aromatic rings. The molecular formula is C25H26FN3O2S. The van der Waals surface area contributed by atoms with Crippen LogP contribution in [-0.4, -0.2) is 34.5 Å². The molecule has 1 aliphatic rings. The van der Waals surface area contributed by atoms with E-state index < -0.39 is 0 Å². The maximum atomic E-state index is 13.3. The van der Waals surface area contributed by atoms with Crippen molar-refractivity contribution in [3.8, 4) is 17.0 Å². The zero-order valence-electron chi connectivity index (χ0n) is 18.6. The lowest BCUT2D eigenvalue weighted by atomic mass is 9.80. The zero-order chi connectivity index (χ0) is 22.9. The van der Waals surface area contributed by atoms with Crippen LogP contribution >= 0.6 is 11.8 Å². The van der Waals surface area contributed by atoms with Crippen molar-refractivity contribution in [1.29, 1.82) is 0 Å². The van der Waals surface area contributed by atoms with Gasteiger partial charge < -0.3 is 9.64 Å². The molecule has 2 aromatic carbocycles. The third-order valence-corrected chi connectivity index (χ3v) is 6.70.